The van der Waals surface area contributed by atoms with E-state index in [1.165, 1.54) is 24.3 Å². The SMILES string of the molecule is CC(C)(C)OC(=O)CCNC(=O)Oc1ccc([N+](=O)[O-])cc1. The first-order chi connectivity index (χ1) is 10.2. The molecule has 1 aromatic carbocycles. The highest BCUT2D eigenvalue weighted by molar-refractivity contribution is 5.73. The number of benzene rings is 1. The first kappa shape index (κ1) is 17.4. The Kier molecular flexibility index (Phi) is 5.85. The molecule has 8 heteroatoms. The van der Waals surface area contributed by atoms with Crippen LogP contribution in [0.5, 0.6) is 5.75 Å². The second-order valence-corrected chi connectivity index (χ2v) is 5.40. The van der Waals surface area contributed by atoms with Crippen molar-refractivity contribution in [1.29, 1.82) is 0 Å². The average Bonchev–Trinajstić information content (AvgIpc) is 2.37. The molecule has 1 rings (SSSR count). The van der Waals surface area contributed by atoms with Gasteiger partial charge >= 0.3 is 12.1 Å². The van der Waals surface area contributed by atoms with E-state index in [1.807, 2.05) is 0 Å². The van der Waals surface area contributed by atoms with Gasteiger partial charge in [0.1, 0.15) is 11.4 Å². The molecule has 0 saturated carbocycles. The van der Waals surface area contributed by atoms with Crippen molar-refractivity contribution in [2.45, 2.75) is 32.8 Å². The zero-order valence-electron chi connectivity index (χ0n) is 12.6. The maximum atomic E-state index is 11.5. The molecule has 0 saturated heterocycles. The van der Waals surface area contributed by atoms with Gasteiger partial charge in [-0.1, -0.05) is 0 Å². The Labute approximate surface area is 127 Å². The van der Waals surface area contributed by atoms with Gasteiger partial charge < -0.3 is 14.8 Å². The summed E-state index contributed by atoms with van der Waals surface area (Å²) in [5.74, 6) is -0.261. The fraction of sp³-hybridized carbons (Fsp3) is 0.429. The summed E-state index contributed by atoms with van der Waals surface area (Å²) >= 11 is 0. The number of amides is 1. The molecule has 1 N–H and O–H groups in total. The minimum atomic E-state index is -0.752. The van der Waals surface area contributed by atoms with Crippen LogP contribution in [-0.4, -0.2) is 29.1 Å². The van der Waals surface area contributed by atoms with Crippen molar-refractivity contribution in [1.82, 2.24) is 5.32 Å². The molecule has 0 fully saturated rings. The lowest BCUT2D eigenvalue weighted by Gasteiger charge is -2.19. The van der Waals surface area contributed by atoms with Crippen LogP contribution in [0.2, 0.25) is 0 Å². The third-order valence-electron chi connectivity index (χ3n) is 2.28. The molecule has 8 nitrogen and oxygen atoms in total. The molecular formula is C14H18N2O6. The minimum absolute atomic E-state index is 0.0205. The number of carbonyl (C=O) groups excluding carboxylic acids is 2. The molecule has 1 aromatic rings. The first-order valence-electron chi connectivity index (χ1n) is 6.59. The summed E-state index contributed by atoms with van der Waals surface area (Å²) in [4.78, 5) is 32.8. The van der Waals surface area contributed by atoms with Crippen LogP contribution < -0.4 is 10.1 Å². The average molecular weight is 310 g/mol. The second kappa shape index (κ2) is 7.39. The standard InChI is InChI=1S/C14H18N2O6/c1-14(2,3)22-12(17)8-9-15-13(18)21-11-6-4-10(5-7-11)16(19)20/h4-7H,8-9H2,1-3H3,(H,15,18). The molecular weight excluding hydrogens is 292 g/mol. The van der Waals surface area contributed by atoms with Gasteiger partial charge in [-0.3, -0.25) is 14.9 Å². The molecule has 1 amide bonds. The van der Waals surface area contributed by atoms with E-state index >= 15 is 0 Å². The minimum Gasteiger partial charge on any atom is -0.460 e. The molecule has 0 aliphatic rings. The molecule has 0 radical (unpaired) electrons. The van der Waals surface area contributed by atoms with E-state index in [2.05, 4.69) is 5.32 Å². The summed E-state index contributed by atoms with van der Waals surface area (Å²) in [7, 11) is 0. The Morgan fingerprint density at radius 1 is 1.23 bits per heavy atom. The fourth-order valence-electron chi connectivity index (χ4n) is 1.44. The van der Waals surface area contributed by atoms with Crippen molar-refractivity contribution in [2.75, 3.05) is 6.54 Å². The third-order valence-corrected chi connectivity index (χ3v) is 2.28. The smallest absolute Gasteiger partial charge is 0.412 e. The summed E-state index contributed by atoms with van der Waals surface area (Å²) in [5, 5.41) is 12.9. The zero-order chi connectivity index (χ0) is 16.8. The monoisotopic (exact) mass is 310 g/mol. The van der Waals surface area contributed by atoms with E-state index in [0.29, 0.717) is 0 Å². The van der Waals surface area contributed by atoms with Gasteiger partial charge in [-0.25, -0.2) is 4.79 Å². The predicted octanol–water partition coefficient (Wildman–Crippen LogP) is 2.42. The van der Waals surface area contributed by atoms with E-state index in [-0.39, 0.29) is 24.4 Å². The lowest BCUT2D eigenvalue weighted by atomic mass is 10.2. The number of nitro groups is 1. The summed E-state index contributed by atoms with van der Waals surface area (Å²) < 4.78 is 9.99. The molecule has 0 bridgehead atoms. The van der Waals surface area contributed by atoms with Crippen LogP contribution in [0.1, 0.15) is 27.2 Å². The Balaban J connectivity index is 2.34. The summed E-state index contributed by atoms with van der Waals surface area (Å²) in [5.41, 5.74) is -0.672. The van der Waals surface area contributed by atoms with Crippen molar-refractivity contribution in [2.24, 2.45) is 0 Å². The fourth-order valence-corrected chi connectivity index (χ4v) is 1.44. The van der Waals surface area contributed by atoms with Crippen LogP contribution in [0.25, 0.3) is 0 Å². The van der Waals surface area contributed by atoms with E-state index in [1.54, 1.807) is 20.8 Å². The number of carbonyl (C=O) groups is 2. The summed E-state index contributed by atoms with van der Waals surface area (Å²) in [6, 6.07) is 5.07. The van der Waals surface area contributed by atoms with Crippen molar-refractivity contribution in [3.05, 3.63) is 34.4 Å². The highest BCUT2D eigenvalue weighted by atomic mass is 16.6. The molecule has 0 aromatic heterocycles. The number of esters is 1. The number of nitrogens with one attached hydrogen (secondary N) is 1. The van der Waals surface area contributed by atoms with Crippen molar-refractivity contribution in [3.63, 3.8) is 0 Å². The van der Waals surface area contributed by atoms with E-state index in [4.69, 9.17) is 9.47 Å². The van der Waals surface area contributed by atoms with Crippen LogP contribution in [0, 0.1) is 10.1 Å². The molecule has 0 aliphatic heterocycles. The number of hydrogen-bond donors (Lipinski definition) is 1. The quantitative estimate of drug-likeness (QED) is 0.508. The molecule has 0 atom stereocenters. The number of hydrogen-bond acceptors (Lipinski definition) is 6. The van der Waals surface area contributed by atoms with Gasteiger partial charge in [0.05, 0.1) is 11.3 Å². The van der Waals surface area contributed by atoms with Gasteiger partial charge in [-0.15, -0.1) is 0 Å². The Morgan fingerprint density at radius 2 is 1.82 bits per heavy atom. The number of nitrogens with zero attached hydrogens (tertiary/aromatic N) is 1. The number of ether oxygens (including phenoxy) is 2. The summed E-state index contributed by atoms with van der Waals surface area (Å²) in [6.45, 7) is 5.32. The molecule has 22 heavy (non-hydrogen) atoms. The number of nitro benzene ring substituents is 1. The van der Waals surface area contributed by atoms with Crippen molar-refractivity contribution >= 4 is 17.7 Å². The third kappa shape index (κ3) is 6.69. The van der Waals surface area contributed by atoms with Crippen LogP contribution >= 0.6 is 0 Å². The Morgan fingerprint density at radius 3 is 2.32 bits per heavy atom. The number of rotatable bonds is 5. The van der Waals surface area contributed by atoms with Gasteiger partial charge in [-0.2, -0.15) is 0 Å². The Bertz CT molecular complexity index is 547. The van der Waals surface area contributed by atoms with Gasteiger partial charge in [0, 0.05) is 18.7 Å². The largest absolute Gasteiger partial charge is 0.460 e. The van der Waals surface area contributed by atoms with Crippen LogP contribution in [0.15, 0.2) is 24.3 Å². The molecule has 0 aliphatic carbocycles. The van der Waals surface area contributed by atoms with Crippen LogP contribution in [0.4, 0.5) is 10.5 Å². The van der Waals surface area contributed by atoms with E-state index < -0.39 is 22.6 Å². The zero-order valence-corrected chi connectivity index (χ0v) is 12.6. The van der Waals surface area contributed by atoms with Crippen LogP contribution in [0.3, 0.4) is 0 Å². The summed E-state index contributed by atoms with van der Waals surface area (Å²) in [6.07, 6.45) is -0.732. The van der Waals surface area contributed by atoms with E-state index in [0.717, 1.165) is 0 Å². The van der Waals surface area contributed by atoms with Crippen molar-refractivity contribution in [3.8, 4) is 5.75 Å². The van der Waals surface area contributed by atoms with Gasteiger partial charge in [-0.05, 0) is 32.9 Å². The van der Waals surface area contributed by atoms with Gasteiger partial charge in [0.2, 0.25) is 0 Å². The molecule has 0 heterocycles. The van der Waals surface area contributed by atoms with Crippen molar-refractivity contribution < 1.29 is 24.0 Å². The van der Waals surface area contributed by atoms with Gasteiger partial charge in [0.15, 0.2) is 0 Å². The lowest BCUT2D eigenvalue weighted by Crippen LogP contribution is -2.31. The van der Waals surface area contributed by atoms with Gasteiger partial charge in [0.25, 0.3) is 5.69 Å². The maximum absolute atomic E-state index is 11.5. The topological polar surface area (TPSA) is 108 Å². The Hall–Kier alpha value is -2.64. The highest BCUT2D eigenvalue weighted by Gasteiger charge is 2.16. The number of non-ortho nitro benzene ring substituents is 1. The lowest BCUT2D eigenvalue weighted by molar-refractivity contribution is -0.384. The van der Waals surface area contributed by atoms with E-state index in [9.17, 15) is 19.7 Å². The second-order valence-electron chi connectivity index (χ2n) is 5.40. The van der Waals surface area contributed by atoms with Crippen LogP contribution in [-0.2, 0) is 9.53 Å². The predicted molar refractivity (Wildman–Crippen MR) is 77.6 cm³/mol. The molecule has 0 spiro atoms. The maximum Gasteiger partial charge on any atom is 0.412 e. The highest BCUT2D eigenvalue weighted by Crippen LogP contribution is 2.17. The first-order valence-corrected chi connectivity index (χ1v) is 6.59. The molecule has 0 unspecified atom stereocenters. The normalized spacial score (nSPS) is 10.7. The molecule has 120 valence electrons.